The highest BCUT2D eigenvalue weighted by Crippen LogP contribution is 2.55. The second-order valence-electron chi connectivity index (χ2n) is 12.5. The standard InChI is InChI=1S/C43H31NO/c1-43(2)35-19-10-8-17-33(35)40-36(43)20-12-21-37(40)44(31-25-23-29(24-26-31)28-13-4-3-5-14-28)38-27-30-15-6-7-16-32(30)42-41(38)34-18-9-11-22-39(34)45-42/h3-27H,1-2H3. The number of benzene rings is 7. The summed E-state index contributed by atoms with van der Waals surface area (Å²) in [7, 11) is 0. The van der Waals surface area contributed by atoms with E-state index in [-0.39, 0.29) is 5.41 Å². The molecule has 0 atom stereocenters. The molecule has 214 valence electrons. The van der Waals surface area contributed by atoms with Crippen LogP contribution in [0.25, 0.3) is 55.0 Å². The van der Waals surface area contributed by atoms with Crippen LogP contribution in [-0.4, -0.2) is 0 Å². The van der Waals surface area contributed by atoms with Crippen LogP contribution in [0, 0.1) is 0 Å². The third-order valence-corrected chi connectivity index (χ3v) is 9.65. The van der Waals surface area contributed by atoms with E-state index in [9.17, 15) is 0 Å². The lowest BCUT2D eigenvalue weighted by molar-refractivity contribution is 0.660. The Morgan fingerprint density at radius 3 is 2.04 bits per heavy atom. The van der Waals surface area contributed by atoms with Crippen LogP contribution < -0.4 is 4.90 Å². The minimum absolute atomic E-state index is 0.105. The van der Waals surface area contributed by atoms with Gasteiger partial charge in [-0.15, -0.1) is 0 Å². The van der Waals surface area contributed by atoms with Gasteiger partial charge in [0.2, 0.25) is 0 Å². The van der Waals surface area contributed by atoms with Crippen molar-refractivity contribution >= 4 is 49.8 Å². The molecule has 0 unspecified atom stereocenters. The predicted molar refractivity (Wildman–Crippen MR) is 189 cm³/mol. The molecule has 2 nitrogen and oxygen atoms in total. The summed E-state index contributed by atoms with van der Waals surface area (Å²) < 4.78 is 6.66. The fraction of sp³-hybridized carbons (Fsp3) is 0.0698. The Labute approximate surface area is 262 Å². The fourth-order valence-electron chi connectivity index (χ4n) is 7.48. The highest BCUT2D eigenvalue weighted by atomic mass is 16.3. The first kappa shape index (κ1) is 25.9. The van der Waals surface area contributed by atoms with E-state index < -0.39 is 0 Å². The van der Waals surface area contributed by atoms with Crippen LogP contribution in [0.2, 0.25) is 0 Å². The van der Waals surface area contributed by atoms with Crippen LogP contribution in [0.1, 0.15) is 25.0 Å². The van der Waals surface area contributed by atoms with Crippen LogP contribution in [0.5, 0.6) is 0 Å². The lowest BCUT2D eigenvalue weighted by Gasteiger charge is -2.30. The van der Waals surface area contributed by atoms with Crippen LogP contribution >= 0.6 is 0 Å². The van der Waals surface area contributed by atoms with Crippen LogP contribution in [0.4, 0.5) is 17.1 Å². The molecule has 0 amide bonds. The monoisotopic (exact) mass is 577 g/mol. The third-order valence-electron chi connectivity index (χ3n) is 9.65. The lowest BCUT2D eigenvalue weighted by atomic mass is 9.82. The van der Waals surface area contributed by atoms with Crippen LogP contribution in [-0.2, 0) is 5.41 Å². The third kappa shape index (κ3) is 3.82. The van der Waals surface area contributed by atoms with Crippen LogP contribution in [0.3, 0.4) is 0 Å². The maximum atomic E-state index is 6.66. The minimum Gasteiger partial charge on any atom is -0.455 e. The number of hydrogen-bond donors (Lipinski definition) is 0. The van der Waals surface area contributed by atoms with E-state index in [1.54, 1.807) is 0 Å². The summed E-state index contributed by atoms with van der Waals surface area (Å²) in [6.45, 7) is 4.69. The van der Waals surface area contributed by atoms with Crippen molar-refractivity contribution in [3.05, 3.63) is 163 Å². The molecule has 0 saturated carbocycles. The summed E-state index contributed by atoms with van der Waals surface area (Å²) in [4.78, 5) is 2.46. The molecule has 0 N–H and O–H groups in total. The number of anilines is 3. The summed E-state index contributed by atoms with van der Waals surface area (Å²) in [6.07, 6.45) is 0. The SMILES string of the molecule is CC1(C)c2ccccc2-c2c(N(c3ccc(-c4ccccc4)cc3)c3cc4ccccc4c4oc5ccccc5c34)cccc21. The highest BCUT2D eigenvalue weighted by Gasteiger charge is 2.38. The number of furan rings is 1. The zero-order valence-electron chi connectivity index (χ0n) is 25.3. The average Bonchev–Trinajstić information content (AvgIpc) is 3.59. The van der Waals surface area contributed by atoms with Gasteiger partial charge in [-0.3, -0.25) is 0 Å². The lowest BCUT2D eigenvalue weighted by Crippen LogP contribution is -2.16. The van der Waals surface area contributed by atoms with Crippen LogP contribution in [0.15, 0.2) is 156 Å². The van der Waals surface area contributed by atoms with Gasteiger partial charge in [0, 0.05) is 27.4 Å². The highest BCUT2D eigenvalue weighted by molar-refractivity contribution is 6.22. The molecule has 0 radical (unpaired) electrons. The Balaban J connectivity index is 1.39. The van der Waals surface area contributed by atoms with Gasteiger partial charge in [0.1, 0.15) is 11.2 Å². The van der Waals surface area contributed by atoms with Crippen molar-refractivity contribution in [3.63, 3.8) is 0 Å². The maximum absolute atomic E-state index is 6.66. The molecule has 9 rings (SSSR count). The molecule has 0 saturated heterocycles. The van der Waals surface area contributed by atoms with E-state index in [1.165, 1.54) is 39.1 Å². The smallest absolute Gasteiger partial charge is 0.145 e. The molecule has 1 aliphatic carbocycles. The first-order valence-corrected chi connectivity index (χ1v) is 15.6. The molecule has 1 aliphatic rings. The van der Waals surface area contributed by atoms with Crippen molar-refractivity contribution in [2.75, 3.05) is 4.90 Å². The van der Waals surface area contributed by atoms with E-state index in [1.807, 2.05) is 0 Å². The van der Waals surface area contributed by atoms with Gasteiger partial charge < -0.3 is 9.32 Å². The van der Waals surface area contributed by atoms with Gasteiger partial charge >= 0.3 is 0 Å². The van der Waals surface area contributed by atoms with E-state index in [4.69, 9.17) is 4.42 Å². The summed E-state index contributed by atoms with van der Waals surface area (Å²) in [5.74, 6) is 0. The summed E-state index contributed by atoms with van der Waals surface area (Å²) in [5, 5.41) is 4.52. The summed E-state index contributed by atoms with van der Waals surface area (Å²) in [5.41, 5.74) is 12.8. The largest absolute Gasteiger partial charge is 0.455 e. The molecule has 2 heteroatoms. The first-order chi connectivity index (χ1) is 22.1. The number of fused-ring (bicyclic) bond motifs is 8. The normalized spacial score (nSPS) is 13.3. The van der Waals surface area contributed by atoms with Gasteiger partial charge in [0.15, 0.2) is 0 Å². The molecule has 1 heterocycles. The van der Waals surface area contributed by atoms with E-state index in [0.29, 0.717) is 0 Å². The minimum atomic E-state index is -0.105. The van der Waals surface area contributed by atoms with E-state index in [0.717, 1.165) is 44.1 Å². The second kappa shape index (κ2) is 9.70. The zero-order valence-corrected chi connectivity index (χ0v) is 25.3. The number of hydrogen-bond acceptors (Lipinski definition) is 2. The maximum Gasteiger partial charge on any atom is 0.145 e. The van der Waals surface area contributed by atoms with Crippen molar-refractivity contribution in [1.29, 1.82) is 0 Å². The van der Waals surface area contributed by atoms with Gasteiger partial charge in [-0.05, 0) is 63.5 Å². The Kier molecular flexibility index (Phi) is 5.58. The molecule has 7 aromatic carbocycles. The number of rotatable bonds is 4. The van der Waals surface area contributed by atoms with Gasteiger partial charge in [0.05, 0.1) is 16.8 Å². The molecule has 1 aromatic heterocycles. The predicted octanol–water partition coefficient (Wildman–Crippen LogP) is 12.2. The zero-order chi connectivity index (χ0) is 30.1. The molecule has 0 aliphatic heterocycles. The van der Waals surface area contributed by atoms with Crippen molar-refractivity contribution in [1.82, 2.24) is 0 Å². The molecule has 45 heavy (non-hydrogen) atoms. The molecular weight excluding hydrogens is 546 g/mol. The second-order valence-corrected chi connectivity index (χ2v) is 12.5. The van der Waals surface area contributed by atoms with E-state index >= 15 is 0 Å². The van der Waals surface area contributed by atoms with Crippen molar-refractivity contribution < 1.29 is 4.42 Å². The molecule has 0 bridgehead atoms. The van der Waals surface area contributed by atoms with E-state index in [2.05, 4.69) is 170 Å². The summed E-state index contributed by atoms with van der Waals surface area (Å²) in [6, 6.07) is 54.6. The Morgan fingerprint density at radius 2 is 1.20 bits per heavy atom. The molecule has 0 fully saturated rings. The van der Waals surface area contributed by atoms with Gasteiger partial charge in [-0.1, -0.05) is 135 Å². The Hall–Kier alpha value is -5.60. The molecule has 8 aromatic rings. The first-order valence-electron chi connectivity index (χ1n) is 15.6. The molecule has 0 spiro atoms. The fourth-order valence-corrected chi connectivity index (χ4v) is 7.48. The van der Waals surface area contributed by atoms with Gasteiger partial charge in [0.25, 0.3) is 0 Å². The van der Waals surface area contributed by atoms with Gasteiger partial charge in [-0.25, -0.2) is 0 Å². The topological polar surface area (TPSA) is 16.4 Å². The van der Waals surface area contributed by atoms with Gasteiger partial charge in [-0.2, -0.15) is 0 Å². The van der Waals surface area contributed by atoms with Crippen molar-refractivity contribution in [2.24, 2.45) is 0 Å². The quantitative estimate of drug-likeness (QED) is 0.207. The number of para-hydroxylation sites is 1. The van der Waals surface area contributed by atoms with Crippen molar-refractivity contribution in [3.8, 4) is 22.3 Å². The number of nitrogens with zero attached hydrogens (tertiary/aromatic N) is 1. The Morgan fingerprint density at radius 1 is 0.533 bits per heavy atom. The average molecular weight is 578 g/mol. The van der Waals surface area contributed by atoms with Crippen molar-refractivity contribution in [2.45, 2.75) is 19.3 Å². The Bertz CT molecular complexity index is 2400. The summed E-state index contributed by atoms with van der Waals surface area (Å²) >= 11 is 0. The molecular formula is C43H31NO.